The zero-order valence-corrected chi connectivity index (χ0v) is 11.5. The van der Waals surface area contributed by atoms with Gasteiger partial charge in [-0.15, -0.1) is 11.3 Å². The Bertz CT molecular complexity index is 367. The lowest BCUT2D eigenvalue weighted by Crippen LogP contribution is -2.39. The van der Waals surface area contributed by atoms with Crippen LogP contribution in [0.5, 0.6) is 0 Å². The molecule has 2 nitrogen and oxygen atoms in total. The molecule has 2 aliphatic rings. The fourth-order valence-corrected chi connectivity index (χ4v) is 4.71. The van der Waals surface area contributed by atoms with E-state index in [0.29, 0.717) is 0 Å². The van der Waals surface area contributed by atoms with Gasteiger partial charge in [-0.2, -0.15) is 0 Å². The highest BCUT2D eigenvalue weighted by Crippen LogP contribution is 2.42. The summed E-state index contributed by atoms with van der Waals surface area (Å²) in [7, 11) is 0. The molecule has 0 bridgehead atoms. The Hall–Kier alpha value is -0.410. The van der Waals surface area contributed by atoms with E-state index < -0.39 is 0 Å². The van der Waals surface area contributed by atoms with Crippen molar-refractivity contribution >= 4 is 11.3 Å². The first-order valence-corrected chi connectivity index (χ1v) is 7.90. The second-order valence-electron chi connectivity index (χ2n) is 5.42. The molecule has 0 aliphatic heterocycles. The van der Waals surface area contributed by atoms with Crippen molar-refractivity contribution in [3.8, 4) is 0 Å². The molecule has 1 aromatic heterocycles. The number of fused-ring (bicyclic) bond motifs is 1. The maximum atomic E-state index is 4.98. The molecule has 1 heterocycles. The molecular formula is C14H22N2S. The molecule has 0 atom stereocenters. The monoisotopic (exact) mass is 250 g/mol. The van der Waals surface area contributed by atoms with E-state index in [0.717, 1.165) is 6.54 Å². The second kappa shape index (κ2) is 4.69. The molecule has 0 saturated heterocycles. The van der Waals surface area contributed by atoms with E-state index >= 15 is 0 Å². The Morgan fingerprint density at radius 3 is 2.65 bits per heavy atom. The zero-order chi connectivity index (χ0) is 11.7. The summed E-state index contributed by atoms with van der Waals surface area (Å²) in [5.74, 6) is 0. The van der Waals surface area contributed by atoms with Crippen LogP contribution < -0.4 is 5.32 Å². The number of rotatable bonds is 3. The fraction of sp³-hybridized carbons (Fsp3) is 0.786. The van der Waals surface area contributed by atoms with Crippen molar-refractivity contribution in [3.05, 3.63) is 15.6 Å². The highest BCUT2D eigenvalue weighted by molar-refractivity contribution is 7.11. The molecule has 1 aromatic rings. The number of thiazole rings is 1. The van der Waals surface area contributed by atoms with Gasteiger partial charge in [0.2, 0.25) is 0 Å². The maximum Gasteiger partial charge on any atom is 0.113 e. The average molecular weight is 250 g/mol. The zero-order valence-electron chi connectivity index (χ0n) is 10.7. The van der Waals surface area contributed by atoms with Gasteiger partial charge in [0.25, 0.3) is 0 Å². The minimum Gasteiger partial charge on any atom is -0.306 e. The third-order valence-corrected chi connectivity index (χ3v) is 5.59. The molecule has 1 saturated carbocycles. The summed E-state index contributed by atoms with van der Waals surface area (Å²) >= 11 is 2.00. The molecule has 0 aromatic carbocycles. The molecule has 0 spiro atoms. The highest BCUT2D eigenvalue weighted by atomic mass is 32.1. The predicted molar refractivity (Wildman–Crippen MR) is 72.6 cm³/mol. The summed E-state index contributed by atoms with van der Waals surface area (Å²) in [6, 6.07) is 0. The molecule has 1 N–H and O–H groups in total. The largest absolute Gasteiger partial charge is 0.306 e. The van der Waals surface area contributed by atoms with Gasteiger partial charge in [0.1, 0.15) is 5.01 Å². The Morgan fingerprint density at radius 1 is 1.18 bits per heavy atom. The summed E-state index contributed by atoms with van der Waals surface area (Å²) in [5.41, 5.74) is 1.65. The van der Waals surface area contributed by atoms with Gasteiger partial charge < -0.3 is 5.32 Å². The van der Waals surface area contributed by atoms with Crippen LogP contribution in [0.15, 0.2) is 0 Å². The molecule has 3 rings (SSSR count). The van der Waals surface area contributed by atoms with E-state index in [-0.39, 0.29) is 5.54 Å². The first-order chi connectivity index (χ1) is 8.34. The fourth-order valence-electron chi connectivity index (χ4n) is 3.34. The molecule has 0 radical (unpaired) electrons. The van der Waals surface area contributed by atoms with Gasteiger partial charge in [0.05, 0.1) is 11.2 Å². The summed E-state index contributed by atoms with van der Waals surface area (Å²) in [5, 5.41) is 5.12. The van der Waals surface area contributed by atoms with Crippen LogP contribution in [0.2, 0.25) is 0 Å². The molecular weight excluding hydrogens is 228 g/mol. The van der Waals surface area contributed by atoms with Crippen LogP contribution in [0.1, 0.15) is 61.0 Å². The van der Waals surface area contributed by atoms with Gasteiger partial charge in [-0.3, -0.25) is 0 Å². The number of nitrogens with one attached hydrogen (secondary N) is 1. The predicted octanol–water partition coefficient (Wildman–Crippen LogP) is 3.40. The number of aromatic nitrogens is 1. The molecule has 0 unspecified atom stereocenters. The van der Waals surface area contributed by atoms with Crippen LogP contribution in [-0.4, -0.2) is 11.5 Å². The quantitative estimate of drug-likeness (QED) is 0.889. The Balaban J connectivity index is 1.93. The van der Waals surface area contributed by atoms with Crippen molar-refractivity contribution in [2.75, 3.05) is 6.54 Å². The number of nitrogens with zero attached hydrogens (tertiary/aromatic N) is 1. The lowest BCUT2D eigenvalue weighted by molar-refractivity contribution is 0.348. The molecule has 3 heteroatoms. The standard InChI is InChI=1S/C14H22N2S/c1-2-15-14(9-5-6-10-14)13-16-11-7-3-4-8-12(11)17-13/h15H,2-10H2,1H3. The lowest BCUT2D eigenvalue weighted by Gasteiger charge is -2.27. The van der Waals surface area contributed by atoms with Crippen LogP contribution in [0.4, 0.5) is 0 Å². The van der Waals surface area contributed by atoms with Crippen molar-refractivity contribution in [3.63, 3.8) is 0 Å². The number of hydrogen-bond donors (Lipinski definition) is 1. The van der Waals surface area contributed by atoms with E-state index in [4.69, 9.17) is 4.98 Å². The normalized spacial score (nSPS) is 22.6. The summed E-state index contributed by atoms with van der Waals surface area (Å²) < 4.78 is 0. The minimum atomic E-state index is 0.233. The Kier molecular flexibility index (Phi) is 3.22. The molecule has 1 fully saturated rings. The van der Waals surface area contributed by atoms with Crippen molar-refractivity contribution in [2.24, 2.45) is 0 Å². The summed E-state index contributed by atoms with van der Waals surface area (Å²) in [6.45, 7) is 3.28. The molecule has 94 valence electrons. The van der Waals surface area contributed by atoms with Crippen LogP contribution in [-0.2, 0) is 18.4 Å². The van der Waals surface area contributed by atoms with Crippen LogP contribution >= 0.6 is 11.3 Å². The van der Waals surface area contributed by atoms with E-state index in [9.17, 15) is 0 Å². The van der Waals surface area contributed by atoms with Crippen molar-refractivity contribution in [1.82, 2.24) is 10.3 Å². The van der Waals surface area contributed by atoms with E-state index in [1.54, 1.807) is 4.88 Å². The lowest BCUT2D eigenvalue weighted by atomic mass is 9.98. The van der Waals surface area contributed by atoms with E-state index in [1.807, 2.05) is 11.3 Å². The third kappa shape index (κ3) is 2.04. The van der Waals surface area contributed by atoms with Crippen molar-refractivity contribution in [2.45, 2.75) is 63.8 Å². The van der Waals surface area contributed by atoms with Crippen molar-refractivity contribution in [1.29, 1.82) is 0 Å². The van der Waals surface area contributed by atoms with E-state index in [2.05, 4.69) is 12.2 Å². The Labute approximate surface area is 108 Å². The van der Waals surface area contributed by atoms with Gasteiger partial charge in [0.15, 0.2) is 0 Å². The van der Waals surface area contributed by atoms with Gasteiger partial charge in [-0.25, -0.2) is 4.98 Å². The third-order valence-electron chi connectivity index (χ3n) is 4.23. The molecule has 0 amide bonds. The van der Waals surface area contributed by atoms with Crippen LogP contribution in [0, 0.1) is 0 Å². The summed E-state index contributed by atoms with van der Waals surface area (Å²) in [6.07, 6.45) is 10.5. The molecule has 17 heavy (non-hydrogen) atoms. The van der Waals surface area contributed by atoms with Crippen LogP contribution in [0.25, 0.3) is 0 Å². The first-order valence-electron chi connectivity index (χ1n) is 7.08. The van der Waals surface area contributed by atoms with Gasteiger partial charge >= 0.3 is 0 Å². The highest BCUT2D eigenvalue weighted by Gasteiger charge is 2.38. The van der Waals surface area contributed by atoms with Crippen molar-refractivity contribution < 1.29 is 0 Å². The SMILES string of the molecule is CCNC1(c2nc3c(s2)CCCC3)CCCC1. The second-order valence-corrected chi connectivity index (χ2v) is 6.50. The Morgan fingerprint density at radius 2 is 1.94 bits per heavy atom. The van der Waals surface area contributed by atoms with E-state index in [1.165, 1.54) is 62.1 Å². The van der Waals surface area contributed by atoms with Gasteiger partial charge in [0, 0.05) is 4.88 Å². The van der Waals surface area contributed by atoms with Crippen LogP contribution in [0.3, 0.4) is 0 Å². The topological polar surface area (TPSA) is 24.9 Å². The summed E-state index contributed by atoms with van der Waals surface area (Å²) in [4.78, 5) is 6.56. The first kappa shape index (κ1) is 11.7. The maximum absolute atomic E-state index is 4.98. The molecule has 2 aliphatic carbocycles. The number of aryl methyl sites for hydroxylation is 2. The smallest absolute Gasteiger partial charge is 0.113 e. The van der Waals surface area contributed by atoms with Gasteiger partial charge in [-0.1, -0.05) is 19.8 Å². The van der Waals surface area contributed by atoms with Gasteiger partial charge in [-0.05, 0) is 45.1 Å². The average Bonchev–Trinajstić information content (AvgIpc) is 2.95. The minimum absolute atomic E-state index is 0.233. The number of hydrogen-bond acceptors (Lipinski definition) is 3.